The van der Waals surface area contributed by atoms with Crippen LogP contribution in [0, 0.1) is 0 Å². The van der Waals surface area contributed by atoms with Gasteiger partial charge >= 0.3 is 11.9 Å². The fourth-order valence-corrected chi connectivity index (χ4v) is 4.62. The summed E-state index contributed by atoms with van der Waals surface area (Å²) in [5.74, 6) is -0.450. The van der Waals surface area contributed by atoms with Gasteiger partial charge in [-0.3, -0.25) is 0 Å². The number of rotatable bonds is 9. The first-order valence-electron chi connectivity index (χ1n) is 12.7. The molecule has 0 radical (unpaired) electrons. The maximum absolute atomic E-state index is 9.10. The number of nitrogens with zero attached hydrogens (tertiary/aromatic N) is 3. The molecule has 1 aromatic heterocycles. The second kappa shape index (κ2) is 12.5. The summed E-state index contributed by atoms with van der Waals surface area (Å²) in [5.41, 5.74) is 1.14. The summed E-state index contributed by atoms with van der Waals surface area (Å²) in [4.78, 5) is 25.6. The number of unbranched alkanes of at least 4 members (excludes halogenated alkanes) is 1. The van der Waals surface area contributed by atoms with E-state index in [1.165, 1.54) is 18.4 Å². The SMILES string of the molecule is O=C(O)C(=O)O.c1ccc(OCCCCN2CCC(c3ccccc3)(c3nc(C4CC4)no3)CC2)cc1. The standard InChI is InChI=1S/C26H31N3O2.C2H2O4/c1-3-9-22(10-4-1)26(25-27-24(28-31-25)21-13-14-21)15-18-29(19-16-26)17-7-8-20-30-23-11-5-2-6-12-23;3-1(4)2(5)6/h1-6,9-12,21H,7-8,13-20H2;(H,3,4)(H,5,6). The number of ether oxygens (including phenoxy) is 1. The molecule has 5 rings (SSSR count). The Morgan fingerprint density at radius 2 is 1.57 bits per heavy atom. The van der Waals surface area contributed by atoms with Crippen molar-refractivity contribution < 1.29 is 29.1 Å². The van der Waals surface area contributed by atoms with Crippen LogP contribution >= 0.6 is 0 Å². The Bertz CT molecular complexity index is 1130. The largest absolute Gasteiger partial charge is 0.494 e. The predicted octanol–water partition coefficient (Wildman–Crippen LogP) is 4.34. The molecule has 37 heavy (non-hydrogen) atoms. The first-order chi connectivity index (χ1) is 18.0. The van der Waals surface area contributed by atoms with Crippen LogP contribution in [0.3, 0.4) is 0 Å². The number of carboxylic acids is 2. The van der Waals surface area contributed by atoms with Crippen molar-refractivity contribution in [3.8, 4) is 5.75 Å². The number of benzene rings is 2. The molecule has 1 aliphatic carbocycles. The highest BCUT2D eigenvalue weighted by atomic mass is 16.5. The Morgan fingerprint density at radius 1 is 0.946 bits per heavy atom. The van der Waals surface area contributed by atoms with Crippen LogP contribution in [-0.4, -0.2) is 63.4 Å². The number of carboxylic acid groups (broad SMARTS) is 2. The van der Waals surface area contributed by atoms with Gasteiger partial charge < -0.3 is 24.4 Å². The summed E-state index contributed by atoms with van der Waals surface area (Å²) in [5, 5.41) is 19.1. The predicted molar refractivity (Wildman–Crippen MR) is 136 cm³/mol. The van der Waals surface area contributed by atoms with E-state index in [9.17, 15) is 0 Å². The van der Waals surface area contributed by atoms with Crippen molar-refractivity contribution >= 4 is 11.9 Å². The van der Waals surface area contributed by atoms with Crippen molar-refractivity contribution in [3.05, 3.63) is 77.9 Å². The van der Waals surface area contributed by atoms with Gasteiger partial charge in [0.15, 0.2) is 5.82 Å². The van der Waals surface area contributed by atoms with Crippen LogP contribution in [0.1, 0.15) is 61.7 Å². The summed E-state index contributed by atoms with van der Waals surface area (Å²) < 4.78 is 11.7. The van der Waals surface area contributed by atoms with Crippen LogP contribution in [0.15, 0.2) is 65.2 Å². The lowest BCUT2D eigenvalue weighted by Crippen LogP contribution is -2.44. The average Bonchev–Trinajstić information content (AvgIpc) is 3.66. The number of carbonyl (C=O) groups is 2. The van der Waals surface area contributed by atoms with Crippen molar-refractivity contribution in [3.63, 3.8) is 0 Å². The maximum atomic E-state index is 9.10. The first-order valence-corrected chi connectivity index (χ1v) is 12.7. The van der Waals surface area contributed by atoms with E-state index in [4.69, 9.17) is 34.0 Å². The molecule has 0 spiro atoms. The molecule has 9 heteroatoms. The molecule has 0 atom stereocenters. The molecule has 1 saturated carbocycles. The second-order valence-corrected chi connectivity index (χ2v) is 9.50. The Labute approximate surface area is 216 Å². The average molecular weight is 508 g/mol. The minimum absolute atomic E-state index is 0.158. The van der Waals surface area contributed by atoms with Gasteiger partial charge in [-0.15, -0.1) is 0 Å². The van der Waals surface area contributed by atoms with E-state index in [1.807, 2.05) is 30.3 Å². The Balaban J connectivity index is 0.000000480. The molecule has 3 aromatic rings. The van der Waals surface area contributed by atoms with Crippen LogP contribution in [0.4, 0.5) is 0 Å². The third-order valence-electron chi connectivity index (χ3n) is 6.89. The fourth-order valence-electron chi connectivity index (χ4n) is 4.62. The third kappa shape index (κ3) is 7.16. The number of aromatic nitrogens is 2. The van der Waals surface area contributed by atoms with Gasteiger partial charge in [0, 0.05) is 5.92 Å². The highest BCUT2D eigenvalue weighted by Crippen LogP contribution is 2.43. The Kier molecular flexibility index (Phi) is 8.90. The van der Waals surface area contributed by atoms with Gasteiger partial charge in [0.2, 0.25) is 5.89 Å². The van der Waals surface area contributed by atoms with E-state index >= 15 is 0 Å². The van der Waals surface area contributed by atoms with Crippen LogP contribution < -0.4 is 4.74 Å². The minimum Gasteiger partial charge on any atom is -0.494 e. The molecular weight excluding hydrogens is 474 g/mol. The summed E-state index contributed by atoms with van der Waals surface area (Å²) in [7, 11) is 0. The smallest absolute Gasteiger partial charge is 0.414 e. The molecule has 0 bridgehead atoms. The number of para-hydroxylation sites is 1. The molecule has 0 amide bonds. The number of aliphatic carboxylic acids is 2. The summed E-state index contributed by atoms with van der Waals surface area (Å²) >= 11 is 0. The van der Waals surface area contributed by atoms with Crippen molar-refractivity contribution in [2.24, 2.45) is 0 Å². The molecule has 2 aromatic carbocycles. The fraction of sp³-hybridized carbons (Fsp3) is 0.429. The molecule has 9 nitrogen and oxygen atoms in total. The lowest BCUT2D eigenvalue weighted by atomic mass is 9.72. The molecular formula is C28H33N3O6. The molecule has 0 unspecified atom stereocenters. The molecule has 196 valence electrons. The van der Waals surface area contributed by atoms with Crippen LogP contribution in [0.2, 0.25) is 0 Å². The molecule has 1 saturated heterocycles. The quantitative estimate of drug-likeness (QED) is 0.321. The number of piperidine rings is 1. The second-order valence-electron chi connectivity index (χ2n) is 9.50. The van der Waals surface area contributed by atoms with E-state index in [-0.39, 0.29) is 5.41 Å². The summed E-state index contributed by atoms with van der Waals surface area (Å²) in [6.45, 7) is 3.99. The zero-order valence-electron chi connectivity index (χ0n) is 20.8. The lowest BCUT2D eigenvalue weighted by Gasteiger charge is -2.39. The topological polar surface area (TPSA) is 126 Å². The van der Waals surface area contributed by atoms with Crippen molar-refractivity contribution in [1.29, 1.82) is 0 Å². The van der Waals surface area contributed by atoms with E-state index in [1.54, 1.807) is 0 Å². The van der Waals surface area contributed by atoms with Crippen molar-refractivity contribution in [2.45, 2.75) is 49.9 Å². The summed E-state index contributed by atoms with van der Waals surface area (Å²) in [6, 6.07) is 20.8. The lowest BCUT2D eigenvalue weighted by molar-refractivity contribution is -0.159. The van der Waals surface area contributed by atoms with Gasteiger partial charge in [-0.1, -0.05) is 53.7 Å². The van der Waals surface area contributed by atoms with Gasteiger partial charge in [-0.2, -0.15) is 4.98 Å². The van der Waals surface area contributed by atoms with Gasteiger partial charge in [0.05, 0.1) is 12.0 Å². The zero-order valence-corrected chi connectivity index (χ0v) is 20.8. The molecule has 2 N–H and O–H groups in total. The maximum Gasteiger partial charge on any atom is 0.414 e. The highest BCUT2D eigenvalue weighted by molar-refractivity contribution is 6.27. The molecule has 2 heterocycles. The Morgan fingerprint density at radius 3 is 2.16 bits per heavy atom. The monoisotopic (exact) mass is 507 g/mol. The van der Waals surface area contributed by atoms with E-state index < -0.39 is 11.9 Å². The van der Waals surface area contributed by atoms with Gasteiger partial charge in [-0.05, 0) is 75.9 Å². The van der Waals surface area contributed by atoms with Crippen molar-refractivity contribution in [1.82, 2.24) is 15.0 Å². The van der Waals surface area contributed by atoms with Crippen LogP contribution in [-0.2, 0) is 15.0 Å². The van der Waals surface area contributed by atoms with E-state index in [0.29, 0.717) is 5.92 Å². The first kappa shape index (κ1) is 26.3. The highest BCUT2D eigenvalue weighted by Gasteiger charge is 2.43. The number of likely N-dealkylation sites (tertiary alicyclic amines) is 1. The zero-order chi connectivity index (χ0) is 26.1. The van der Waals surface area contributed by atoms with Gasteiger partial charge in [0.25, 0.3) is 0 Å². The third-order valence-corrected chi connectivity index (χ3v) is 6.89. The van der Waals surface area contributed by atoms with Gasteiger partial charge in [0.1, 0.15) is 5.75 Å². The normalized spacial score (nSPS) is 16.9. The van der Waals surface area contributed by atoms with E-state index in [2.05, 4.69) is 40.4 Å². The van der Waals surface area contributed by atoms with E-state index in [0.717, 1.165) is 69.4 Å². The number of hydrogen-bond donors (Lipinski definition) is 2. The minimum atomic E-state index is -1.82. The van der Waals surface area contributed by atoms with Gasteiger partial charge in [-0.25, -0.2) is 9.59 Å². The Hall–Kier alpha value is -3.72. The summed E-state index contributed by atoms with van der Waals surface area (Å²) in [6.07, 6.45) is 6.65. The van der Waals surface area contributed by atoms with Crippen LogP contribution in [0.25, 0.3) is 0 Å². The van der Waals surface area contributed by atoms with Crippen LogP contribution in [0.5, 0.6) is 5.75 Å². The molecule has 1 aliphatic heterocycles. The molecule has 2 aliphatic rings. The van der Waals surface area contributed by atoms with Crippen molar-refractivity contribution in [2.75, 3.05) is 26.2 Å². The number of hydrogen-bond acceptors (Lipinski definition) is 7. The molecule has 2 fully saturated rings.